The Morgan fingerprint density at radius 2 is 1.57 bits per heavy atom. The fourth-order valence-electron chi connectivity index (χ4n) is 5.91. The van der Waals surface area contributed by atoms with Gasteiger partial charge in [-0.3, -0.25) is 4.79 Å². The van der Waals surface area contributed by atoms with Crippen molar-refractivity contribution in [1.29, 1.82) is 0 Å². The molecule has 1 aliphatic carbocycles. The van der Waals surface area contributed by atoms with Crippen molar-refractivity contribution in [2.24, 2.45) is 5.92 Å². The number of amides is 1. The maximum Gasteiger partial charge on any atom is 0.339 e. The fourth-order valence-corrected chi connectivity index (χ4v) is 5.91. The van der Waals surface area contributed by atoms with Gasteiger partial charge in [-0.1, -0.05) is 80.0 Å². The van der Waals surface area contributed by atoms with Crippen LogP contribution in [0.2, 0.25) is 0 Å². The number of carbonyl (C=O) groups is 2. The average Bonchev–Trinajstić information content (AvgIpc) is 3.67. The van der Waals surface area contributed by atoms with Gasteiger partial charge < -0.3 is 46.0 Å². The van der Waals surface area contributed by atoms with E-state index in [4.69, 9.17) is 20.4 Å². The third-order valence-electron chi connectivity index (χ3n) is 8.94. The normalized spacial score (nSPS) is 15.0. The smallest absolute Gasteiger partial charge is 0.339 e. The van der Waals surface area contributed by atoms with Crippen LogP contribution in [0.15, 0.2) is 72.8 Å². The van der Waals surface area contributed by atoms with Crippen molar-refractivity contribution in [3.8, 4) is 17.6 Å². The summed E-state index contributed by atoms with van der Waals surface area (Å²) < 4.78 is 0. The number of nitrogens with one attached hydrogen (secondary N) is 1. The summed E-state index contributed by atoms with van der Waals surface area (Å²) in [5.74, 6) is 5.49. The molecule has 0 unspecified atom stereocenters. The standard InChI is InChI=1S/C33H35NO4.C7H17NO5/c35-31-23-29(20-21-30(31)33(37)38)34(32(36)22-19-26-13-7-8-14-26)24-28-17-15-27(16-18-28)12-6-2-5-11-25-9-3-1-4-10-25;1-8-2-4(10)6(12)7(13)5(11)3-9/h1,3-4,9-10,15-18,20-21,23,26,35H,2,5,7-8,11,13-14,19,22,24H2,(H,37,38);4-13H,2-3H2,1H3/t;4-,5+,6+,7+/m.0/s1. The Morgan fingerprint density at radius 1 is 0.902 bits per heavy atom. The molecule has 0 spiro atoms. The SMILES string of the molecule is CNC[C@H](O)[C@@H](O)[C@H](O)[C@H](O)CO.O=C(O)c1ccc(N(Cc2ccc(C#CCCCc3ccccc3)cc2)C(=O)CCC2CCCC2)cc1O. The molecule has 11 nitrogen and oxygen atoms in total. The summed E-state index contributed by atoms with van der Waals surface area (Å²) in [6.45, 7) is -0.235. The van der Waals surface area contributed by atoms with E-state index < -0.39 is 37.0 Å². The van der Waals surface area contributed by atoms with Gasteiger partial charge in [0.1, 0.15) is 29.6 Å². The molecule has 1 saturated carbocycles. The molecule has 1 aliphatic rings. The number of likely N-dealkylation sites (N-methyl/N-ethyl adjacent to an activating group) is 1. The van der Waals surface area contributed by atoms with Gasteiger partial charge in [-0.05, 0) is 67.6 Å². The Morgan fingerprint density at radius 3 is 2.18 bits per heavy atom. The average molecular weight is 705 g/mol. The number of hydrogen-bond acceptors (Lipinski definition) is 9. The van der Waals surface area contributed by atoms with E-state index in [9.17, 15) is 24.9 Å². The first-order valence-electron chi connectivity index (χ1n) is 17.5. The van der Waals surface area contributed by atoms with Crippen molar-refractivity contribution in [3.63, 3.8) is 0 Å². The van der Waals surface area contributed by atoms with Crippen LogP contribution < -0.4 is 10.2 Å². The van der Waals surface area contributed by atoms with E-state index in [1.165, 1.54) is 43.4 Å². The summed E-state index contributed by atoms with van der Waals surface area (Å²) in [7, 11) is 1.57. The maximum atomic E-state index is 13.3. The van der Waals surface area contributed by atoms with Crippen molar-refractivity contribution in [1.82, 2.24) is 5.32 Å². The van der Waals surface area contributed by atoms with E-state index in [0.29, 0.717) is 24.6 Å². The summed E-state index contributed by atoms with van der Waals surface area (Å²) in [4.78, 5) is 26.3. The van der Waals surface area contributed by atoms with Gasteiger partial charge in [0.05, 0.1) is 19.3 Å². The predicted molar refractivity (Wildman–Crippen MR) is 195 cm³/mol. The van der Waals surface area contributed by atoms with Gasteiger partial charge in [-0.15, -0.1) is 0 Å². The summed E-state index contributed by atoms with van der Waals surface area (Å²) >= 11 is 0. The topological polar surface area (TPSA) is 191 Å². The van der Waals surface area contributed by atoms with Gasteiger partial charge in [0, 0.05) is 36.7 Å². The molecule has 3 aromatic rings. The van der Waals surface area contributed by atoms with E-state index in [0.717, 1.165) is 36.8 Å². The predicted octanol–water partition coefficient (Wildman–Crippen LogP) is 3.61. The van der Waals surface area contributed by atoms with E-state index in [1.807, 2.05) is 30.3 Å². The second kappa shape index (κ2) is 21.8. The number of carbonyl (C=O) groups excluding carboxylic acids is 1. The molecule has 4 rings (SSSR count). The second-order valence-electron chi connectivity index (χ2n) is 12.9. The summed E-state index contributed by atoms with van der Waals surface area (Å²) in [6, 6.07) is 22.6. The van der Waals surface area contributed by atoms with Crippen LogP contribution in [-0.4, -0.2) is 92.2 Å². The number of aliphatic hydroxyl groups is 5. The Bertz CT molecular complexity index is 1550. The number of unbranched alkanes of at least 4 members (excludes halogenated alkanes) is 1. The van der Waals surface area contributed by atoms with Crippen LogP contribution in [0, 0.1) is 17.8 Å². The van der Waals surface area contributed by atoms with Crippen LogP contribution in [0.3, 0.4) is 0 Å². The van der Waals surface area contributed by atoms with Crippen molar-refractivity contribution < 1.29 is 45.3 Å². The lowest BCUT2D eigenvalue weighted by Crippen LogP contribution is -2.48. The Hall–Kier alpha value is -4.28. The number of aromatic hydroxyl groups is 1. The van der Waals surface area contributed by atoms with Crippen molar-refractivity contribution >= 4 is 17.6 Å². The molecule has 0 aromatic heterocycles. The van der Waals surface area contributed by atoms with Gasteiger partial charge in [-0.25, -0.2) is 4.79 Å². The summed E-state index contributed by atoms with van der Waals surface area (Å²) in [5.41, 5.74) is 3.50. The molecule has 0 radical (unpaired) electrons. The van der Waals surface area contributed by atoms with Gasteiger partial charge in [0.25, 0.3) is 0 Å². The highest BCUT2D eigenvalue weighted by Crippen LogP contribution is 2.31. The molecule has 51 heavy (non-hydrogen) atoms. The minimum absolute atomic E-state index is 0.0262. The van der Waals surface area contributed by atoms with Gasteiger partial charge >= 0.3 is 5.97 Å². The molecule has 0 bridgehead atoms. The summed E-state index contributed by atoms with van der Waals surface area (Å²) in [5, 5.41) is 67.0. The second-order valence-corrected chi connectivity index (χ2v) is 12.9. The number of benzene rings is 3. The molecule has 3 aromatic carbocycles. The number of rotatable bonds is 16. The lowest BCUT2D eigenvalue weighted by atomic mass is 10.0. The highest BCUT2D eigenvalue weighted by atomic mass is 16.4. The molecule has 0 heterocycles. The zero-order valence-electron chi connectivity index (χ0n) is 29.2. The number of carboxylic acid groups (broad SMARTS) is 1. The monoisotopic (exact) mass is 704 g/mol. The molecular weight excluding hydrogens is 652 g/mol. The minimum atomic E-state index is -1.55. The van der Waals surface area contributed by atoms with Crippen LogP contribution in [-0.2, 0) is 17.8 Å². The zero-order valence-corrected chi connectivity index (χ0v) is 29.2. The molecule has 276 valence electrons. The first kappa shape index (κ1) is 41.1. The van der Waals surface area contributed by atoms with E-state index in [-0.39, 0.29) is 23.8 Å². The molecule has 11 heteroatoms. The number of nitrogens with zero attached hydrogens (tertiary/aromatic N) is 1. The molecule has 1 fully saturated rings. The van der Waals surface area contributed by atoms with Crippen molar-refractivity contribution in [2.75, 3.05) is 25.1 Å². The fraction of sp³-hybridized carbons (Fsp3) is 0.450. The highest BCUT2D eigenvalue weighted by molar-refractivity contribution is 5.96. The third kappa shape index (κ3) is 13.8. The molecule has 0 saturated heterocycles. The number of aliphatic hydroxyl groups excluding tert-OH is 5. The highest BCUT2D eigenvalue weighted by Gasteiger charge is 2.29. The summed E-state index contributed by atoms with van der Waals surface area (Å²) in [6.07, 6.45) is 3.31. The third-order valence-corrected chi connectivity index (χ3v) is 8.94. The number of anilines is 1. The molecule has 0 aliphatic heterocycles. The number of hydrogen-bond donors (Lipinski definition) is 8. The first-order valence-corrected chi connectivity index (χ1v) is 17.5. The molecule has 8 N–H and O–H groups in total. The number of carboxylic acids is 1. The van der Waals surface area contributed by atoms with Crippen LogP contribution >= 0.6 is 0 Å². The molecule has 4 atom stereocenters. The number of phenols is 1. The molecule has 1 amide bonds. The quantitative estimate of drug-likeness (QED) is 0.0808. The van der Waals surface area contributed by atoms with Crippen LogP contribution in [0.4, 0.5) is 5.69 Å². The van der Waals surface area contributed by atoms with Gasteiger partial charge in [-0.2, -0.15) is 0 Å². The lowest BCUT2D eigenvalue weighted by Gasteiger charge is -2.25. The van der Waals surface area contributed by atoms with E-state index in [2.05, 4.69) is 41.4 Å². The van der Waals surface area contributed by atoms with E-state index in [1.54, 1.807) is 18.0 Å². The van der Waals surface area contributed by atoms with Gasteiger partial charge in [0.2, 0.25) is 5.91 Å². The first-order chi connectivity index (χ1) is 24.5. The largest absolute Gasteiger partial charge is 0.507 e. The van der Waals surface area contributed by atoms with Crippen molar-refractivity contribution in [2.45, 2.75) is 88.7 Å². The zero-order chi connectivity index (χ0) is 37.2. The Balaban J connectivity index is 0.000000460. The van der Waals surface area contributed by atoms with Crippen molar-refractivity contribution in [3.05, 3.63) is 95.1 Å². The van der Waals surface area contributed by atoms with Crippen LogP contribution in [0.5, 0.6) is 5.75 Å². The van der Waals surface area contributed by atoms with E-state index >= 15 is 0 Å². The van der Waals surface area contributed by atoms with Crippen LogP contribution in [0.25, 0.3) is 0 Å². The molecular formula is C40H52N2O9. The minimum Gasteiger partial charge on any atom is -0.507 e. The number of aromatic carboxylic acids is 1. The van der Waals surface area contributed by atoms with Gasteiger partial charge in [0.15, 0.2) is 0 Å². The van der Waals surface area contributed by atoms with Crippen LogP contribution in [0.1, 0.15) is 78.4 Å². The number of aryl methyl sites for hydroxylation is 1. The lowest BCUT2D eigenvalue weighted by molar-refractivity contribution is -0.119. The Kier molecular flexibility index (Phi) is 17.6. The Labute approximate surface area is 300 Å². The maximum absolute atomic E-state index is 13.3.